The van der Waals surface area contributed by atoms with Gasteiger partial charge >= 0.3 is 0 Å². The highest BCUT2D eigenvalue weighted by Crippen LogP contribution is 2.60. The third kappa shape index (κ3) is 3.28. The van der Waals surface area contributed by atoms with Crippen molar-refractivity contribution in [3.05, 3.63) is 29.8 Å². The van der Waals surface area contributed by atoms with Crippen LogP contribution in [0.5, 0.6) is 0 Å². The third-order valence-electron chi connectivity index (χ3n) is 7.49. The molecule has 0 aromatic heterocycles. The van der Waals surface area contributed by atoms with E-state index >= 15 is 0 Å². The Morgan fingerprint density at radius 2 is 1.52 bits per heavy atom. The summed E-state index contributed by atoms with van der Waals surface area (Å²) in [6.07, 6.45) is 9.40. The van der Waals surface area contributed by atoms with Gasteiger partial charge in [0, 0.05) is 17.0 Å². The number of hydrogen-bond donors (Lipinski definition) is 2. The topological polar surface area (TPSA) is 58.2 Å². The SMILES string of the molecule is CC(NC(=O)C12CC3CC(CC(C3)C1)C2)c1ccc(NC(=O)C2CC2)cc1. The highest BCUT2D eigenvalue weighted by molar-refractivity contribution is 5.94. The van der Waals surface area contributed by atoms with E-state index < -0.39 is 0 Å². The summed E-state index contributed by atoms with van der Waals surface area (Å²) in [5.41, 5.74) is 1.84. The minimum absolute atomic E-state index is 0.00121. The first-order valence-electron chi connectivity index (χ1n) is 10.7. The maximum Gasteiger partial charge on any atom is 0.227 e. The van der Waals surface area contributed by atoms with Crippen molar-refractivity contribution in [1.29, 1.82) is 0 Å². The van der Waals surface area contributed by atoms with Gasteiger partial charge in [-0.15, -0.1) is 0 Å². The van der Waals surface area contributed by atoms with E-state index in [2.05, 4.69) is 17.6 Å². The van der Waals surface area contributed by atoms with Crippen molar-refractivity contribution in [3.63, 3.8) is 0 Å². The van der Waals surface area contributed by atoms with Crippen molar-refractivity contribution >= 4 is 17.5 Å². The Kier molecular flexibility index (Phi) is 4.06. The van der Waals surface area contributed by atoms with Gasteiger partial charge in [-0.25, -0.2) is 0 Å². The van der Waals surface area contributed by atoms with Gasteiger partial charge < -0.3 is 10.6 Å². The Morgan fingerprint density at radius 3 is 2.04 bits per heavy atom. The fourth-order valence-corrected chi connectivity index (χ4v) is 6.27. The lowest BCUT2D eigenvalue weighted by Gasteiger charge is -2.55. The number of carbonyl (C=O) groups is 2. The molecule has 1 aromatic carbocycles. The zero-order valence-electron chi connectivity index (χ0n) is 16.2. The fourth-order valence-electron chi connectivity index (χ4n) is 6.27. The van der Waals surface area contributed by atoms with Gasteiger partial charge in [-0.3, -0.25) is 9.59 Å². The van der Waals surface area contributed by atoms with Gasteiger partial charge in [0.2, 0.25) is 11.8 Å². The van der Waals surface area contributed by atoms with E-state index in [1.54, 1.807) is 0 Å². The van der Waals surface area contributed by atoms with E-state index in [0.717, 1.165) is 61.1 Å². The molecule has 4 bridgehead atoms. The molecule has 0 spiro atoms. The molecule has 2 amide bonds. The fraction of sp³-hybridized carbons (Fsp3) is 0.652. The minimum Gasteiger partial charge on any atom is -0.349 e. The van der Waals surface area contributed by atoms with Crippen LogP contribution in [0, 0.1) is 29.1 Å². The number of rotatable bonds is 5. The first-order chi connectivity index (χ1) is 13.0. The monoisotopic (exact) mass is 366 g/mol. The van der Waals surface area contributed by atoms with Crippen molar-refractivity contribution < 1.29 is 9.59 Å². The predicted octanol–water partition coefficient (Wildman–Crippen LogP) is 4.43. The molecule has 2 N–H and O–H groups in total. The Labute approximate surface area is 161 Å². The number of carbonyl (C=O) groups excluding carboxylic acids is 2. The van der Waals surface area contributed by atoms with Crippen LogP contribution >= 0.6 is 0 Å². The van der Waals surface area contributed by atoms with Crippen molar-refractivity contribution in [3.8, 4) is 0 Å². The number of benzene rings is 1. The number of hydrogen-bond acceptors (Lipinski definition) is 2. The predicted molar refractivity (Wildman–Crippen MR) is 105 cm³/mol. The Balaban J connectivity index is 1.23. The Morgan fingerprint density at radius 1 is 0.963 bits per heavy atom. The third-order valence-corrected chi connectivity index (χ3v) is 7.49. The Bertz CT molecular complexity index is 715. The smallest absolute Gasteiger partial charge is 0.227 e. The maximum atomic E-state index is 13.2. The van der Waals surface area contributed by atoms with Crippen LogP contribution < -0.4 is 10.6 Å². The average Bonchev–Trinajstić information content (AvgIpc) is 3.46. The molecule has 1 aromatic rings. The van der Waals surface area contributed by atoms with E-state index in [1.807, 2.05) is 24.3 Å². The second-order valence-electron chi connectivity index (χ2n) is 9.78. The van der Waals surface area contributed by atoms with Crippen LogP contribution in [0.3, 0.4) is 0 Å². The van der Waals surface area contributed by atoms with Gasteiger partial charge in [0.25, 0.3) is 0 Å². The molecule has 5 aliphatic carbocycles. The van der Waals surface area contributed by atoms with Gasteiger partial charge in [-0.05, 0) is 93.7 Å². The van der Waals surface area contributed by atoms with E-state index in [-0.39, 0.29) is 29.2 Å². The lowest BCUT2D eigenvalue weighted by Crippen LogP contribution is -2.53. The quantitative estimate of drug-likeness (QED) is 0.810. The molecular weight excluding hydrogens is 336 g/mol. The summed E-state index contributed by atoms with van der Waals surface area (Å²) in [7, 11) is 0. The first kappa shape index (κ1) is 17.3. The van der Waals surface area contributed by atoms with Gasteiger partial charge in [0.1, 0.15) is 0 Å². The largest absolute Gasteiger partial charge is 0.349 e. The molecule has 4 heteroatoms. The van der Waals surface area contributed by atoms with Crippen molar-refractivity contribution in [2.24, 2.45) is 29.1 Å². The summed E-state index contributed by atoms with van der Waals surface area (Å²) < 4.78 is 0. The van der Waals surface area contributed by atoms with Crippen LogP contribution in [-0.4, -0.2) is 11.8 Å². The molecule has 144 valence electrons. The van der Waals surface area contributed by atoms with Crippen molar-refractivity contribution in [2.75, 3.05) is 5.32 Å². The van der Waals surface area contributed by atoms with Crippen LogP contribution in [0.15, 0.2) is 24.3 Å². The second kappa shape index (κ2) is 6.35. The molecule has 1 unspecified atom stereocenters. The minimum atomic E-state index is -0.0960. The molecule has 6 rings (SSSR count). The zero-order valence-corrected chi connectivity index (χ0v) is 16.2. The normalized spacial score (nSPS) is 34.9. The zero-order chi connectivity index (χ0) is 18.6. The van der Waals surface area contributed by atoms with E-state index in [9.17, 15) is 9.59 Å². The van der Waals surface area contributed by atoms with Gasteiger partial charge in [0.15, 0.2) is 0 Å². The van der Waals surface area contributed by atoms with E-state index in [1.165, 1.54) is 19.3 Å². The molecule has 5 aliphatic rings. The van der Waals surface area contributed by atoms with Gasteiger partial charge in [-0.2, -0.15) is 0 Å². The van der Waals surface area contributed by atoms with E-state index in [0.29, 0.717) is 0 Å². The highest BCUT2D eigenvalue weighted by atomic mass is 16.2. The van der Waals surface area contributed by atoms with Crippen LogP contribution in [0.25, 0.3) is 0 Å². The first-order valence-corrected chi connectivity index (χ1v) is 10.7. The van der Waals surface area contributed by atoms with Crippen LogP contribution in [0.4, 0.5) is 5.69 Å². The molecule has 27 heavy (non-hydrogen) atoms. The molecule has 5 saturated carbocycles. The molecule has 5 fully saturated rings. The number of nitrogens with one attached hydrogen (secondary N) is 2. The molecule has 0 aliphatic heterocycles. The molecule has 0 saturated heterocycles. The summed E-state index contributed by atoms with van der Waals surface area (Å²) in [5.74, 6) is 2.97. The van der Waals surface area contributed by atoms with Crippen LogP contribution in [0.2, 0.25) is 0 Å². The van der Waals surface area contributed by atoms with Crippen LogP contribution in [0.1, 0.15) is 69.9 Å². The van der Waals surface area contributed by atoms with E-state index in [4.69, 9.17) is 0 Å². The molecule has 0 heterocycles. The van der Waals surface area contributed by atoms with Crippen molar-refractivity contribution in [2.45, 2.75) is 64.3 Å². The summed E-state index contributed by atoms with van der Waals surface area (Å²) >= 11 is 0. The van der Waals surface area contributed by atoms with Crippen LogP contribution in [-0.2, 0) is 9.59 Å². The number of amides is 2. The second-order valence-corrected chi connectivity index (χ2v) is 9.78. The number of anilines is 1. The lowest BCUT2D eigenvalue weighted by atomic mass is 9.49. The molecule has 0 radical (unpaired) electrons. The van der Waals surface area contributed by atoms with Gasteiger partial charge in [-0.1, -0.05) is 12.1 Å². The standard InChI is InChI=1S/C23H30N2O2/c1-14(18-4-6-20(7-5-18)25-21(26)19-2-3-19)24-22(27)23-11-15-8-16(12-23)10-17(9-15)13-23/h4-7,14-17,19H,2-3,8-13H2,1H3,(H,24,27)(H,25,26). The van der Waals surface area contributed by atoms with Crippen molar-refractivity contribution in [1.82, 2.24) is 5.32 Å². The summed E-state index contributed by atoms with van der Waals surface area (Å²) in [5, 5.41) is 6.29. The highest BCUT2D eigenvalue weighted by Gasteiger charge is 2.54. The summed E-state index contributed by atoms with van der Waals surface area (Å²) in [4.78, 5) is 25.1. The van der Waals surface area contributed by atoms with Gasteiger partial charge in [0.05, 0.1) is 6.04 Å². The average molecular weight is 367 g/mol. The summed E-state index contributed by atoms with van der Waals surface area (Å²) in [6.45, 7) is 2.07. The molecule has 4 nitrogen and oxygen atoms in total. The molecular formula is C23H30N2O2. The Hall–Kier alpha value is -1.84. The summed E-state index contributed by atoms with van der Waals surface area (Å²) in [6, 6.07) is 7.94. The maximum absolute atomic E-state index is 13.2. The molecule has 1 atom stereocenters. The lowest BCUT2D eigenvalue weighted by molar-refractivity contribution is -0.147.